The first-order valence-corrected chi connectivity index (χ1v) is 10.4. The highest BCUT2D eigenvalue weighted by atomic mass is 32.2. The molecule has 2 heterocycles. The van der Waals surface area contributed by atoms with E-state index in [1.165, 1.54) is 0 Å². The van der Waals surface area contributed by atoms with Crippen molar-refractivity contribution in [2.24, 2.45) is 11.7 Å². The summed E-state index contributed by atoms with van der Waals surface area (Å²) in [6.45, 7) is 7.38. The summed E-state index contributed by atoms with van der Waals surface area (Å²) in [6.07, 6.45) is 2.53. The van der Waals surface area contributed by atoms with Crippen molar-refractivity contribution in [1.29, 1.82) is 0 Å². The van der Waals surface area contributed by atoms with Crippen molar-refractivity contribution in [3.05, 3.63) is 41.7 Å². The molecule has 0 aliphatic carbocycles. The van der Waals surface area contributed by atoms with Gasteiger partial charge in [0.1, 0.15) is 24.7 Å². The molecule has 28 heavy (non-hydrogen) atoms. The maximum Gasteiger partial charge on any atom is 0.232 e. The van der Waals surface area contributed by atoms with E-state index in [0.29, 0.717) is 30.6 Å². The van der Waals surface area contributed by atoms with Crippen LogP contribution in [0.3, 0.4) is 0 Å². The fraction of sp³-hybridized carbons (Fsp3) is 0.450. The average Bonchev–Trinajstić information content (AvgIpc) is 2.63. The molecule has 3 rings (SSSR count). The third kappa shape index (κ3) is 5.29. The second-order valence-electron chi connectivity index (χ2n) is 7.89. The van der Waals surface area contributed by atoms with Gasteiger partial charge in [-0.25, -0.2) is 8.93 Å². The van der Waals surface area contributed by atoms with E-state index in [4.69, 9.17) is 19.8 Å². The number of nitrogens with one attached hydrogen (secondary N) is 1. The molecular weight excluding hydrogens is 378 g/mol. The van der Waals surface area contributed by atoms with Gasteiger partial charge in [-0.2, -0.15) is 0 Å². The van der Waals surface area contributed by atoms with Gasteiger partial charge in [0, 0.05) is 16.7 Å². The number of pyridine rings is 1. The minimum atomic E-state index is -2.08. The molecule has 1 aromatic carbocycles. The summed E-state index contributed by atoms with van der Waals surface area (Å²) in [5.41, 5.74) is 9.58. The molecule has 4 N–H and O–H groups in total. The number of nitrogens with two attached hydrogens (primary N) is 1. The van der Waals surface area contributed by atoms with Gasteiger partial charge in [0.15, 0.2) is 0 Å². The normalized spacial score (nSPS) is 15.9. The fourth-order valence-electron chi connectivity index (χ4n) is 3.48. The van der Waals surface area contributed by atoms with Crippen LogP contribution in [0.25, 0.3) is 11.1 Å². The molecule has 8 heteroatoms. The van der Waals surface area contributed by atoms with Crippen LogP contribution in [0.1, 0.15) is 38.4 Å². The number of rotatable bonds is 8. The van der Waals surface area contributed by atoms with Gasteiger partial charge in [-0.3, -0.25) is 9.54 Å². The van der Waals surface area contributed by atoms with Crippen LogP contribution < -0.4 is 19.9 Å². The Morgan fingerprint density at radius 3 is 2.89 bits per heavy atom. The van der Waals surface area contributed by atoms with E-state index >= 15 is 0 Å². The fourth-order valence-corrected chi connectivity index (χ4v) is 3.75. The number of ether oxygens (including phenoxy) is 2. The summed E-state index contributed by atoms with van der Waals surface area (Å²) in [4.78, 5) is 4.26. The molecule has 1 aliphatic heterocycles. The van der Waals surface area contributed by atoms with E-state index in [2.05, 4.69) is 23.6 Å². The Hall–Kier alpha value is -2.00. The largest absolute Gasteiger partial charge is 0.492 e. The van der Waals surface area contributed by atoms with E-state index in [0.717, 1.165) is 28.9 Å². The van der Waals surface area contributed by atoms with Gasteiger partial charge in [0.2, 0.25) is 11.3 Å². The topological polar surface area (TPSA) is 107 Å². The maximum atomic E-state index is 10.8. The van der Waals surface area contributed by atoms with Gasteiger partial charge in [0.05, 0.1) is 18.4 Å². The lowest BCUT2D eigenvalue weighted by molar-refractivity contribution is 0.206. The van der Waals surface area contributed by atoms with Crippen molar-refractivity contribution >= 4 is 11.3 Å². The zero-order valence-corrected chi connectivity index (χ0v) is 17.2. The van der Waals surface area contributed by atoms with Gasteiger partial charge in [0.25, 0.3) is 0 Å². The Morgan fingerprint density at radius 2 is 2.18 bits per heavy atom. The number of hydrogen-bond donors (Lipinski definition) is 3. The molecule has 1 aromatic heterocycles. The molecule has 0 saturated carbocycles. The van der Waals surface area contributed by atoms with Crippen LogP contribution in [0.2, 0.25) is 0 Å². The van der Waals surface area contributed by atoms with Gasteiger partial charge >= 0.3 is 0 Å². The molecule has 0 radical (unpaired) electrons. The Bertz CT molecular complexity index is 871. The Morgan fingerprint density at radius 1 is 1.39 bits per heavy atom. The van der Waals surface area contributed by atoms with E-state index in [-0.39, 0.29) is 12.1 Å². The highest BCUT2D eigenvalue weighted by Crippen LogP contribution is 2.38. The van der Waals surface area contributed by atoms with Gasteiger partial charge in [-0.1, -0.05) is 19.9 Å². The molecule has 1 unspecified atom stereocenters. The molecule has 2 atom stereocenters. The van der Waals surface area contributed by atoms with Crippen molar-refractivity contribution in [1.82, 2.24) is 9.71 Å². The van der Waals surface area contributed by atoms with Crippen LogP contribution in [0.4, 0.5) is 0 Å². The summed E-state index contributed by atoms with van der Waals surface area (Å²) in [5, 5.41) is 0. The van der Waals surface area contributed by atoms with E-state index in [1.807, 2.05) is 31.2 Å². The van der Waals surface area contributed by atoms with Crippen molar-refractivity contribution in [3.8, 4) is 22.6 Å². The summed E-state index contributed by atoms with van der Waals surface area (Å²) < 4.78 is 33.9. The van der Waals surface area contributed by atoms with Gasteiger partial charge in [-0.15, -0.1) is 0 Å². The second-order valence-corrected chi connectivity index (χ2v) is 8.68. The van der Waals surface area contributed by atoms with Gasteiger partial charge in [-0.05, 0) is 43.0 Å². The average molecular weight is 406 g/mol. The predicted octanol–water partition coefficient (Wildman–Crippen LogP) is 3.01. The number of hydrogen-bond acceptors (Lipinski definition) is 5. The standard InChI is InChI=1S/C20H27N3O4S/c1-13(2)8-20(3,21)12-27-16-4-5-17-14(6-16)11-26-19-10-22-15(7-18(17)19)9-23-28(24)25/h4-7,10,13,23H,8-9,11-12,21H2,1-3H3,(H,24,25)/t20-/m0/s1. The first kappa shape index (κ1) is 20.7. The molecule has 2 aromatic rings. The number of benzene rings is 1. The van der Waals surface area contributed by atoms with Crippen molar-refractivity contribution in [2.75, 3.05) is 6.61 Å². The molecule has 7 nitrogen and oxygen atoms in total. The highest BCUT2D eigenvalue weighted by Gasteiger charge is 2.22. The molecule has 0 saturated heterocycles. The Kier molecular flexibility index (Phi) is 6.34. The third-order valence-electron chi connectivity index (χ3n) is 4.49. The minimum Gasteiger partial charge on any atom is -0.492 e. The SMILES string of the molecule is CC(C)C[C@](C)(N)COc1ccc2c(c1)COc1cnc(CNS(=O)O)cc1-2. The molecule has 0 fully saturated rings. The lowest BCUT2D eigenvalue weighted by atomic mass is 9.93. The van der Waals surface area contributed by atoms with E-state index < -0.39 is 11.3 Å². The van der Waals surface area contributed by atoms with Gasteiger partial charge < -0.3 is 15.2 Å². The first-order valence-electron chi connectivity index (χ1n) is 9.24. The third-order valence-corrected chi connectivity index (χ3v) is 4.89. The quantitative estimate of drug-likeness (QED) is 0.583. The molecule has 1 aliphatic rings. The monoisotopic (exact) mass is 405 g/mol. The maximum absolute atomic E-state index is 10.8. The molecule has 0 spiro atoms. The van der Waals surface area contributed by atoms with Crippen molar-refractivity contribution in [2.45, 2.75) is 45.9 Å². The summed E-state index contributed by atoms with van der Waals surface area (Å²) in [5.74, 6) is 1.96. The Labute approximate surface area is 168 Å². The van der Waals surface area contributed by atoms with E-state index in [1.54, 1.807) is 6.20 Å². The van der Waals surface area contributed by atoms with Crippen molar-refractivity contribution in [3.63, 3.8) is 0 Å². The zero-order valence-electron chi connectivity index (χ0n) is 16.4. The molecule has 0 bridgehead atoms. The highest BCUT2D eigenvalue weighted by molar-refractivity contribution is 7.77. The van der Waals surface area contributed by atoms with Crippen LogP contribution >= 0.6 is 0 Å². The molecular formula is C20H27N3O4S. The molecule has 152 valence electrons. The summed E-state index contributed by atoms with van der Waals surface area (Å²) in [7, 11) is 0. The lowest BCUT2D eigenvalue weighted by Gasteiger charge is -2.27. The smallest absolute Gasteiger partial charge is 0.232 e. The number of nitrogens with zero attached hydrogens (tertiary/aromatic N) is 1. The number of fused-ring (bicyclic) bond motifs is 3. The lowest BCUT2D eigenvalue weighted by Crippen LogP contribution is -2.43. The van der Waals surface area contributed by atoms with Crippen LogP contribution in [0, 0.1) is 5.92 Å². The van der Waals surface area contributed by atoms with Crippen LogP contribution in [0.15, 0.2) is 30.5 Å². The summed E-state index contributed by atoms with van der Waals surface area (Å²) >= 11 is -2.08. The van der Waals surface area contributed by atoms with Crippen LogP contribution in [-0.2, 0) is 24.4 Å². The van der Waals surface area contributed by atoms with Crippen molar-refractivity contribution < 1.29 is 18.2 Å². The number of aromatic nitrogens is 1. The first-order chi connectivity index (χ1) is 13.2. The molecule has 0 amide bonds. The van der Waals surface area contributed by atoms with Crippen LogP contribution in [-0.4, -0.2) is 25.9 Å². The predicted molar refractivity (Wildman–Crippen MR) is 109 cm³/mol. The zero-order chi connectivity index (χ0) is 20.3. The van der Waals surface area contributed by atoms with Crippen LogP contribution in [0.5, 0.6) is 11.5 Å². The summed E-state index contributed by atoms with van der Waals surface area (Å²) in [6, 6.07) is 7.78. The van der Waals surface area contributed by atoms with E-state index in [9.17, 15) is 4.21 Å². The Balaban J connectivity index is 1.77. The second kappa shape index (κ2) is 8.57. The minimum absolute atomic E-state index is 0.192.